The van der Waals surface area contributed by atoms with Gasteiger partial charge < -0.3 is 19.2 Å². The van der Waals surface area contributed by atoms with Gasteiger partial charge in [0.05, 0.1) is 18.2 Å². The Balaban J connectivity index is 1.44. The lowest BCUT2D eigenvalue weighted by molar-refractivity contribution is 0.0909. The zero-order valence-corrected chi connectivity index (χ0v) is 19.2. The summed E-state index contributed by atoms with van der Waals surface area (Å²) in [5.74, 6) is 2.05. The van der Waals surface area contributed by atoms with E-state index in [0.717, 1.165) is 56.3 Å². The number of aromatic amines is 1. The third-order valence-electron chi connectivity index (χ3n) is 7.04. The number of hydrogen-bond donors (Lipinski definition) is 1. The smallest absolute Gasteiger partial charge is 0.253 e. The molecule has 0 radical (unpaired) electrons. The summed E-state index contributed by atoms with van der Waals surface area (Å²) in [6.45, 7) is 4.19. The number of hydrogen-bond acceptors (Lipinski definition) is 8. The molecule has 180 valence electrons. The van der Waals surface area contributed by atoms with Crippen molar-refractivity contribution >= 4 is 10.9 Å². The largest absolute Gasteiger partial charge is 0.486 e. The van der Waals surface area contributed by atoms with Crippen molar-refractivity contribution in [1.82, 2.24) is 30.1 Å². The molecule has 10 heteroatoms. The van der Waals surface area contributed by atoms with Gasteiger partial charge in [-0.15, -0.1) is 5.10 Å². The van der Waals surface area contributed by atoms with Crippen molar-refractivity contribution in [2.45, 2.75) is 57.2 Å². The van der Waals surface area contributed by atoms with E-state index in [1.807, 2.05) is 22.9 Å². The predicted molar refractivity (Wildman–Crippen MR) is 124 cm³/mol. The van der Waals surface area contributed by atoms with Crippen LogP contribution in [0.2, 0.25) is 0 Å². The van der Waals surface area contributed by atoms with Crippen LogP contribution in [0.15, 0.2) is 23.0 Å². The number of tetrazole rings is 1. The van der Waals surface area contributed by atoms with Gasteiger partial charge in [0.2, 0.25) is 0 Å². The second kappa shape index (κ2) is 9.34. The van der Waals surface area contributed by atoms with E-state index in [1.165, 1.54) is 12.8 Å². The molecule has 0 saturated carbocycles. The van der Waals surface area contributed by atoms with E-state index >= 15 is 0 Å². The minimum Gasteiger partial charge on any atom is -0.486 e. The Morgan fingerprint density at radius 1 is 1.00 bits per heavy atom. The number of fused-ring (bicyclic) bond motifs is 2. The molecule has 5 heterocycles. The van der Waals surface area contributed by atoms with Gasteiger partial charge in [-0.2, -0.15) is 0 Å². The molecule has 3 aliphatic rings. The molecule has 0 unspecified atom stereocenters. The number of H-pyrrole nitrogens is 1. The van der Waals surface area contributed by atoms with E-state index in [-0.39, 0.29) is 17.7 Å². The molecule has 0 bridgehead atoms. The first-order chi connectivity index (χ1) is 16.8. The lowest BCUT2D eigenvalue weighted by Crippen LogP contribution is -2.36. The monoisotopic (exact) mass is 466 g/mol. The number of nitrogens with one attached hydrogen (secondary N) is 1. The molecule has 3 aromatic rings. The molecule has 0 aliphatic carbocycles. The summed E-state index contributed by atoms with van der Waals surface area (Å²) < 4.78 is 19.2. The van der Waals surface area contributed by atoms with E-state index in [4.69, 9.17) is 14.2 Å². The number of aromatic nitrogens is 5. The number of pyridine rings is 1. The van der Waals surface area contributed by atoms with Crippen LogP contribution in [0, 0.1) is 0 Å². The first-order valence-corrected chi connectivity index (χ1v) is 12.3. The van der Waals surface area contributed by atoms with Crippen molar-refractivity contribution in [3.8, 4) is 11.5 Å². The quantitative estimate of drug-likeness (QED) is 0.611. The van der Waals surface area contributed by atoms with E-state index in [9.17, 15) is 4.79 Å². The second-order valence-corrected chi connectivity index (χ2v) is 9.34. The molecular formula is C24H30N6O4. The maximum Gasteiger partial charge on any atom is 0.253 e. The van der Waals surface area contributed by atoms with Crippen LogP contribution in [0.1, 0.15) is 56.0 Å². The molecule has 0 spiro atoms. The van der Waals surface area contributed by atoms with Crippen molar-refractivity contribution in [3.63, 3.8) is 0 Å². The Bertz CT molecular complexity index is 1210. The van der Waals surface area contributed by atoms with Gasteiger partial charge in [-0.3, -0.25) is 9.69 Å². The number of rotatable bonds is 5. The Morgan fingerprint density at radius 3 is 2.56 bits per heavy atom. The molecule has 2 fully saturated rings. The van der Waals surface area contributed by atoms with E-state index in [1.54, 1.807) is 0 Å². The average molecular weight is 467 g/mol. The van der Waals surface area contributed by atoms with Crippen LogP contribution in [0.5, 0.6) is 11.5 Å². The Kier molecular flexibility index (Phi) is 5.92. The molecule has 34 heavy (non-hydrogen) atoms. The molecule has 1 N–H and O–H groups in total. The summed E-state index contributed by atoms with van der Waals surface area (Å²) in [5.41, 5.74) is 1.24. The van der Waals surface area contributed by atoms with Crippen LogP contribution in [0.4, 0.5) is 0 Å². The number of nitrogens with zero attached hydrogens (tertiary/aromatic N) is 5. The molecule has 2 aromatic heterocycles. The SMILES string of the molecule is O=c1[nH]c2cc3c(cc2cc1[C@H](c1nnnn1C[C@@H]1CCCO1)N1CCCCCC1)OCCO3. The van der Waals surface area contributed by atoms with Crippen LogP contribution in [-0.4, -0.2) is 69.1 Å². The molecule has 2 atom stereocenters. The zero-order chi connectivity index (χ0) is 22.9. The van der Waals surface area contributed by atoms with Gasteiger partial charge in [0, 0.05) is 23.6 Å². The molecule has 3 aliphatic heterocycles. The first-order valence-electron chi connectivity index (χ1n) is 12.3. The maximum atomic E-state index is 13.5. The van der Waals surface area contributed by atoms with Crippen molar-refractivity contribution in [2.24, 2.45) is 0 Å². The predicted octanol–water partition coefficient (Wildman–Crippen LogP) is 2.43. The van der Waals surface area contributed by atoms with Gasteiger partial charge in [-0.05, 0) is 61.3 Å². The molecule has 6 rings (SSSR count). The molecule has 0 amide bonds. The minimum absolute atomic E-state index is 0.102. The fourth-order valence-electron chi connectivity index (χ4n) is 5.33. The first kappa shape index (κ1) is 21.5. The summed E-state index contributed by atoms with van der Waals surface area (Å²) in [6, 6.07) is 5.42. The van der Waals surface area contributed by atoms with Crippen molar-refractivity contribution in [2.75, 3.05) is 32.9 Å². The standard InChI is InChI=1S/C24H30N6O4/c31-24-18(12-16-13-20-21(14-19(16)25-24)34-11-10-33-20)22(29-7-3-1-2-4-8-29)23-26-27-28-30(23)15-17-6-5-9-32-17/h12-14,17,22H,1-11,15H2,(H,25,31)/t17-,22+/m0/s1. The molecule has 2 saturated heterocycles. The van der Waals surface area contributed by atoms with Gasteiger partial charge in [0.15, 0.2) is 17.3 Å². The fraction of sp³-hybridized carbons (Fsp3) is 0.583. The van der Waals surface area contributed by atoms with Crippen LogP contribution in [-0.2, 0) is 11.3 Å². The molecule has 1 aromatic carbocycles. The molecular weight excluding hydrogens is 436 g/mol. The van der Waals surface area contributed by atoms with E-state index in [2.05, 4.69) is 25.4 Å². The van der Waals surface area contributed by atoms with Gasteiger partial charge in [-0.1, -0.05) is 12.8 Å². The topological polar surface area (TPSA) is 107 Å². The minimum atomic E-state index is -0.337. The summed E-state index contributed by atoms with van der Waals surface area (Å²) >= 11 is 0. The normalized spacial score (nSPS) is 22.1. The van der Waals surface area contributed by atoms with Crippen molar-refractivity contribution in [1.29, 1.82) is 0 Å². The van der Waals surface area contributed by atoms with Crippen molar-refractivity contribution in [3.05, 3.63) is 39.9 Å². The fourth-order valence-corrected chi connectivity index (χ4v) is 5.33. The van der Waals surface area contributed by atoms with Crippen LogP contribution < -0.4 is 15.0 Å². The van der Waals surface area contributed by atoms with Crippen LogP contribution in [0.25, 0.3) is 10.9 Å². The number of ether oxygens (including phenoxy) is 3. The lowest BCUT2D eigenvalue weighted by Gasteiger charge is -2.30. The number of benzene rings is 1. The van der Waals surface area contributed by atoms with Gasteiger partial charge in [0.25, 0.3) is 5.56 Å². The third kappa shape index (κ3) is 4.16. The number of likely N-dealkylation sites (tertiary alicyclic amines) is 1. The van der Waals surface area contributed by atoms with Crippen molar-refractivity contribution < 1.29 is 14.2 Å². The molecule has 10 nitrogen and oxygen atoms in total. The highest BCUT2D eigenvalue weighted by atomic mass is 16.6. The zero-order valence-electron chi connectivity index (χ0n) is 19.2. The lowest BCUT2D eigenvalue weighted by atomic mass is 10.0. The van der Waals surface area contributed by atoms with Gasteiger partial charge in [-0.25, -0.2) is 4.68 Å². The maximum absolute atomic E-state index is 13.5. The van der Waals surface area contributed by atoms with Gasteiger partial charge in [0.1, 0.15) is 19.3 Å². The summed E-state index contributed by atoms with van der Waals surface area (Å²) in [5, 5.41) is 13.6. The Morgan fingerprint density at radius 2 is 1.79 bits per heavy atom. The summed E-state index contributed by atoms with van der Waals surface area (Å²) in [6.07, 6.45) is 6.73. The van der Waals surface area contributed by atoms with E-state index in [0.29, 0.717) is 42.6 Å². The third-order valence-corrected chi connectivity index (χ3v) is 7.04. The average Bonchev–Trinajstić information content (AvgIpc) is 3.45. The van der Waals surface area contributed by atoms with Gasteiger partial charge >= 0.3 is 0 Å². The van der Waals surface area contributed by atoms with E-state index < -0.39 is 0 Å². The summed E-state index contributed by atoms with van der Waals surface area (Å²) in [7, 11) is 0. The Labute approximate surface area is 197 Å². The highest BCUT2D eigenvalue weighted by Crippen LogP contribution is 2.35. The Hall–Kier alpha value is -2.98. The van der Waals surface area contributed by atoms with Crippen LogP contribution in [0.3, 0.4) is 0 Å². The highest BCUT2D eigenvalue weighted by Gasteiger charge is 2.32. The van der Waals surface area contributed by atoms with Crippen LogP contribution >= 0.6 is 0 Å². The summed E-state index contributed by atoms with van der Waals surface area (Å²) in [4.78, 5) is 18.9. The second-order valence-electron chi connectivity index (χ2n) is 9.34. The highest BCUT2D eigenvalue weighted by molar-refractivity contribution is 5.83.